The van der Waals surface area contributed by atoms with E-state index >= 15 is 0 Å². The minimum atomic E-state index is -1.65. The minimum absolute atomic E-state index is 0.168. The Morgan fingerprint density at radius 1 is 0.583 bits per heavy atom. The van der Waals surface area contributed by atoms with Crippen LogP contribution >= 0.6 is 19.8 Å². The van der Waals surface area contributed by atoms with Gasteiger partial charge in [0.25, 0.3) is 0 Å². The van der Waals surface area contributed by atoms with Crippen LogP contribution in [0.3, 0.4) is 0 Å². The van der Waals surface area contributed by atoms with Gasteiger partial charge in [0.05, 0.1) is 0 Å². The molecule has 0 atom stereocenters. The van der Waals surface area contributed by atoms with Gasteiger partial charge in [-0.1, -0.05) is 0 Å². The fourth-order valence-electron chi connectivity index (χ4n) is 2.44. The summed E-state index contributed by atoms with van der Waals surface area (Å²) in [5, 5.41) is 0. The average molecular weight is 430 g/mol. The van der Waals surface area contributed by atoms with E-state index in [4.69, 9.17) is 4.74 Å². The third-order valence-corrected chi connectivity index (χ3v) is 9.25. The molecule has 124 valence electrons. The molecule has 0 fully saturated rings. The standard InChI is InChI=1S/C22H23IO/c1-22(2,3)24-21-16-14-20(15-17-21)23(18-10-6-4-7-11-18)19-12-8-5-9-13-19/h4-17H,1-3H3. The van der Waals surface area contributed by atoms with Gasteiger partial charge in [-0.05, 0) is 0 Å². The first-order valence-corrected chi connectivity index (χ1v) is 11.4. The summed E-state index contributed by atoms with van der Waals surface area (Å²) >= 11 is -1.65. The van der Waals surface area contributed by atoms with Gasteiger partial charge in [0.1, 0.15) is 0 Å². The summed E-state index contributed by atoms with van der Waals surface area (Å²) in [6.07, 6.45) is 0. The zero-order valence-corrected chi connectivity index (χ0v) is 16.5. The molecule has 0 radical (unpaired) electrons. The van der Waals surface area contributed by atoms with Crippen LogP contribution in [0.1, 0.15) is 20.8 Å². The van der Waals surface area contributed by atoms with Crippen LogP contribution in [0.5, 0.6) is 5.75 Å². The molecule has 0 saturated heterocycles. The Morgan fingerprint density at radius 3 is 1.42 bits per heavy atom. The van der Waals surface area contributed by atoms with Crippen molar-refractivity contribution in [1.29, 1.82) is 0 Å². The van der Waals surface area contributed by atoms with E-state index in [-0.39, 0.29) is 5.60 Å². The maximum absolute atomic E-state index is 5.97. The summed E-state index contributed by atoms with van der Waals surface area (Å²) in [6.45, 7) is 6.23. The second kappa shape index (κ2) is 7.39. The van der Waals surface area contributed by atoms with Crippen LogP contribution < -0.4 is 4.74 Å². The van der Waals surface area contributed by atoms with Crippen molar-refractivity contribution in [1.82, 2.24) is 0 Å². The monoisotopic (exact) mass is 430 g/mol. The van der Waals surface area contributed by atoms with Crippen molar-refractivity contribution >= 4 is 19.8 Å². The van der Waals surface area contributed by atoms with E-state index in [9.17, 15) is 0 Å². The normalized spacial score (nSPS) is 11.9. The van der Waals surface area contributed by atoms with Gasteiger partial charge in [-0.3, -0.25) is 0 Å². The molecule has 0 aliphatic rings. The molecule has 0 aromatic heterocycles. The number of halogens is 1. The van der Waals surface area contributed by atoms with E-state index in [0.29, 0.717) is 0 Å². The van der Waals surface area contributed by atoms with E-state index in [1.54, 1.807) is 0 Å². The summed E-state index contributed by atoms with van der Waals surface area (Å²) in [6, 6.07) is 30.5. The molecule has 0 heterocycles. The Labute approximate surface area is 152 Å². The maximum atomic E-state index is 5.97. The van der Waals surface area contributed by atoms with Crippen LogP contribution in [-0.4, -0.2) is 5.60 Å². The van der Waals surface area contributed by atoms with Crippen molar-refractivity contribution in [3.05, 3.63) is 95.6 Å². The van der Waals surface area contributed by atoms with Crippen molar-refractivity contribution in [3.63, 3.8) is 0 Å². The van der Waals surface area contributed by atoms with Gasteiger partial charge < -0.3 is 0 Å². The molecule has 2 heteroatoms. The molecule has 3 aromatic rings. The molecular weight excluding hydrogens is 407 g/mol. The molecule has 0 bridgehead atoms. The Kier molecular flexibility index (Phi) is 5.24. The average Bonchev–Trinajstić information content (AvgIpc) is 2.57. The molecule has 1 nitrogen and oxygen atoms in total. The fourth-order valence-corrected chi connectivity index (χ4v) is 7.95. The predicted octanol–water partition coefficient (Wildman–Crippen LogP) is 6.28. The predicted molar refractivity (Wildman–Crippen MR) is 110 cm³/mol. The van der Waals surface area contributed by atoms with Gasteiger partial charge in [0.2, 0.25) is 0 Å². The number of ether oxygens (including phenoxy) is 1. The summed E-state index contributed by atoms with van der Waals surface area (Å²) in [7, 11) is 0. The SMILES string of the molecule is CC(C)(C)Oc1ccc(I(c2ccccc2)c2ccccc2)cc1. The Morgan fingerprint density at radius 2 is 1.00 bits per heavy atom. The molecule has 3 aromatic carbocycles. The van der Waals surface area contributed by atoms with Crippen molar-refractivity contribution in [2.75, 3.05) is 0 Å². The Hall–Kier alpha value is -1.81. The van der Waals surface area contributed by atoms with Crippen LogP contribution in [0.25, 0.3) is 0 Å². The number of hydrogen-bond donors (Lipinski definition) is 0. The van der Waals surface area contributed by atoms with Gasteiger partial charge in [0.15, 0.2) is 0 Å². The number of rotatable bonds is 4. The molecule has 0 N–H and O–H groups in total. The summed E-state index contributed by atoms with van der Waals surface area (Å²) in [5.74, 6) is 0.934. The third-order valence-electron chi connectivity index (χ3n) is 3.36. The molecule has 0 aliphatic heterocycles. The molecule has 0 unspecified atom stereocenters. The van der Waals surface area contributed by atoms with Crippen LogP contribution in [-0.2, 0) is 0 Å². The summed E-state index contributed by atoms with van der Waals surface area (Å²) in [5.41, 5.74) is -0.168. The van der Waals surface area contributed by atoms with Crippen LogP contribution in [0.4, 0.5) is 0 Å². The number of hydrogen-bond acceptors (Lipinski definition) is 1. The van der Waals surface area contributed by atoms with Crippen molar-refractivity contribution in [2.24, 2.45) is 0 Å². The molecule has 0 spiro atoms. The first kappa shape index (κ1) is 17.0. The first-order valence-electron chi connectivity index (χ1n) is 8.12. The van der Waals surface area contributed by atoms with Crippen molar-refractivity contribution < 1.29 is 4.74 Å². The fraction of sp³-hybridized carbons (Fsp3) is 0.182. The molecular formula is C22H23IO. The zero-order chi connectivity index (χ0) is 17.0. The topological polar surface area (TPSA) is 9.23 Å². The van der Waals surface area contributed by atoms with E-state index in [1.165, 1.54) is 10.7 Å². The molecule has 0 amide bonds. The Bertz CT molecular complexity index is 719. The van der Waals surface area contributed by atoms with Gasteiger partial charge in [-0.25, -0.2) is 0 Å². The van der Waals surface area contributed by atoms with Gasteiger partial charge in [0, 0.05) is 0 Å². The summed E-state index contributed by atoms with van der Waals surface area (Å²) < 4.78 is 10.3. The Balaban J connectivity index is 1.98. The first-order chi connectivity index (χ1) is 11.5. The second-order valence-electron chi connectivity index (χ2n) is 6.54. The van der Waals surface area contributed by atoms with Gasteiger partial charge in [-0.2, -0.15) is 0 Å². The second-order valence-corrected chi connectivity index (χ2v) is 11.9. The van der Waals surface area contributed by atoms with E-state index in [1.807, 2.05) is 0 Å². The van der Waals surface area contributed by atoms with Crippen molar-refractivity contribution in [3.8, 4) is 5.75 Å². The van der Waals surface area contributed by atoms with Crippen LogP contribution in [0.2, 0.25) is 0 Å². The van der Waals surface area contributed by atoms with E-state index < -0.39 is 19.8 Å². The van der Waals surface area contributed by atoms with E-state index in [2.05, 4.69) is 106 Å². The van der Waals surface area contributed by atoms with Gasteiger partial charge in [-0.15, -0.1) is 0 Å². The van der Waals surface area contributed by atoms with Crippen LogP contribution in [0.15, 0.2) is 84.9 Å². The quantitative estimate of drug-likeness (QED) is 0.443. The van der Waals surface area contributed by atoms with Gasteiger partial charge >= 0.3 is 152 Å². The molecule has 3 rings (SSSR count). The zero-order valence-electron chi connectivity index (χ0n) is 14.4. The van der Waals surface area contributed by atoms with Crippen molar-refractivity contribution in [2.45, 2.75) is 26.4 Å². The van der Waals surface area contributed by atoms with E-state index in [0.717, 1.165) is 5.75 Å². The molecule has 0 saturated carbocycles. The molecule has 24 heavy (non-hydrogen) atoms. The molecule has 0 aliphatic carbocycles. The number of benzene rings is 3. The van der Waals surface area contributed by atoms with Crippen LogP contribution in [0, 0.1) is 10.7 Å². The summed E-state index contributed by atoms with van der Waals surface area (Å²) in [4.78, 5) is 0. The third kappa shape index (κ3) is 4.38.